The highest BCUT2D eigenvalue weighted by molar-refractivity contribution is 7.47. The number of phosphoric ester groups is 1. The molecule has 0 saturated heterocycles. The van der Waals surface area contributed by atoms with E-state index in [0.29, 0.717) is 17.4 Å². The van der Waals surface area contributed by atoms with Crippen molar-refractivity contribution in [3.63, 3.8) is 0 Å². The van der Waals surface area contributed by atoms with Crippen molar-refractivity contribution < 1.29 is 37.3 Å². The van der Waals surface area contributed by atoms with E-state index in [1.165, 1.54) is 122 Å². The Morgan fingerprint density at radius 1 is 0.561 bits per heavy atom. The van der Waals surface area contributed by atoms with Gasteiger partial charge in [0.05, 0.1) is 34.0 Å². The molecule has 1 N–H and O–H groups in total. The molecule has 57 heavy (non-hydrogen) atoms. The summed E-state index contributed by atoms with van der Waals surface area (Å²) >= 11 is 0. The van der Waals surface area contributed by atoms with Crippen LogP contribution in [-0.2, 0) is 27.9 Å². The van der Waals surface area contributed by atoms with Crippen LogP contribution >= 0.6 is 7.82 Å². The van der Waals surface area contributed by atoms with Crippen LogP contribution in [0.2, 0.25) is 0 Å². The Balaban J connectivity index is 4.36. The molecule has 332 valence electrons. The van der Waals surface area contributed by atoms with E-state index in [0.717, 1.165) is 38.5 Å². The van der Waals surface area contributed by atoms with E-state index in [1.807, 2.05) is 27.2 Å². The molecule has 0 aliphatic heterocycles. The second-order valence-electron chi connectivity index (χ2n) is 16.5. The molecule has 0 heterocycles. The predicted molar refractivity (Wildman–Crippen MR) is 242 cm³/mol. The molecule has 0 aliphatic rings. The maximum Gasteiger partial charge on any atom is 0.472 e. The van der Waals surface area contributed by atoms with Crippen molar-refractivity contribution in [3.8, 4) is 0 Å². The van der Waals surface area contributed by atoms with Gasteiger partial charge in [-0.15, -0.1) is 0 Å². The van der Waals surface area contributed by atoms with Gasteiger partial charge in [-0.1, -0.05) is 172 Å². The summed E-state index contributed by atoms with van der Waals surface area (Å²) in [6.45, 7) is 4.86. The van der Waals surface area contributed by atoms with E-state index in [2.05, 4.69) is 62.5 Å². The molecule has 0 rings (SSSR count). The van der Waals surface area contributed by atoms with E-state index >= 15 is 0 Å². The van der Waals surface area contributed by atoms with Crippen LogP contribution in [0.3, 0.4) is 0 Å². The Morgan fingerprint density at radius 2 is 0.982 bits per heavy atom. The highest BCUT2D eigenvalue weighted by atomic mass is 31.2. The van der Waals surface area contributed by atoms with Crippen LogP contribution in [0.4, 0.5) is 0 Å². The molecule has 8 nitrogen and oxygen atoms in total. The second-order valence-corrected chi connectivity index (χ2v) is 18.0. The second kappa shape index (κ2) is 40.8. The summed E-state index contributed by atoms with van der Waals surface area (Å²) in [6, 6.07) is 0. The molecule has 0 bridgehead atoms. The average Bonchev–Trinajstić information content (AvgIpc) is 3.16. The third kappa shape index (κ3) is 45.0. The van der Waals surface area contributed by atoms with Crippen molar-refractivity contribution in [2.45, 2.75) is 193 Å². The SMILES string of the molecule is CCCCCCCCC/C=C/C/C=C/C/C=C/C/C=C/CCCC(=O)O[C@H](CO/C=C/CCCCCCCCCCCCCC)COP(=O)(O)OCC[N+](C)(C)C. The first-order chi connectivity index (χ1) is 27.6. The molecule has 0 aromatic heterocycles. The van der Waals surface area contributed by atoms with Gasteiger partial charge in [-0.2, -0.15) is 0 Å². The minimum Gasteiger partial charge on any atom is -0.498 e. The summed E-state index contributed by atoms with van der Waals surface area (Å²) in [7, 11) is 1.60. The summed E-state index contributed by atoms with van der Waals surface area (Å²) < 4.78 is 34.7. The molecule has 2 atom stereocenters. The molecule has 0 aliphatic carbocycles. The van der Waals surface area contributed by atoms with Crippen LogP contribution in [-0.4, -0.2) is 69.0 Å². The molecular weight excluding hydrogens is 734 g/mol. The Bertz CT molecular complexity index is 1090. The monoisotopic (exact) mass is 823 g/mol. The Labute approximate surface area is 351 Å². The van der Waals surface area contributed by atoms with Crippen LogP contribution in [0.5, 0.6) is 0 Å². The molecule has 0 aromatic carbocycles. The van der Waals surface area contributed by atoms with Crippen LogP contribution < -0.4 is 0 Å². The van der Waals surface area contributed by atoms with E-state index in [-0.39, 0.29) is 32.2 Å². The van der Waals surface area contributed by atoms with Crippen LogP contribution in [0.1, 0.15) is 187 Å². The smallest absolute Gasteiger partial charge is 0.472 e. The van der Waals surface area contributed by atoms with E-state index < -0.39 is 13.9 Å². The van der Waals surface area contributed by atoms with Gasteiger partial charge in [0.1, 0.15) is 19.8 Å². The number of carbonyl (C=O) groups excluding carboxylic acids is 1. The number of hydrogen-bond donors (Lipinski definition) is 1. The fourth-order valence-corrected chi connectivity index (χ4v) is 6.78. The molecule has 0 spiro atoms. The van der Waals surface area contributed by atoms with Gasteiger partial charge in [0.2, 0.25) is 0 Å². The summed E-state index contributed by atoms with van der Waals surface area (Å²) in [6.07, 6.45) is 52.2. The fourth-order valence-electron chi connectivity index (χ4n) is 6.04. The van der Waals surface area contributed by atoms with Crippen LogP contribution in [0.25, 0.3) is 0 Å². The zero-order valence-electron chi connectivity index (χ0n) is 37.6. The van der Waals surface area contributed by atoms with E-state index in [1.54, 1.807) is 6.26 Å². The number of esters is 1. The summed E-state index contributed by atoms with van der Waals surface area (Å²) in [5, 5.41) is 0. The fraction of sp³-hybridized carbons (Fsp3) is 0.771. The Hall–Kier alpha value is -1.96. The van der Waals surface area contributed by atoms with Crippen molar-refractivity contribution in [1.29, 1.82) is 0 Å². The zero-order valence-corrected chi connectivity index (χ0v) is 38.5. The number of quaternary nitrogens is 1. The van der Waals surface area contributed by atoms with Crippen LogP contribution in [0.15, 0.2) is 60.9 Å². The lowest BCUT2D eigenvalue weighted by Gasteiger charge is -2.24. The first-order valence-electron chi connectivity index (χ1n) is 23.1. The van der Waals surface area contributed by atoms with E-state index in [4.69, 9.17) is 18.5 Å². The quantitative estimate of drug-likeness (QED) is 0.0164. The number of nitrogens with zero attached hydrogens (tertiary/aromatic N) is 1. The molecule has 9 heteroatoms. The van der Waals surface area contributed by atoms with Crippen molar-refractivity contribution in [1.82, 2.24) is 0 Å². The van der Waals surface area contributed by atoms with Crippen molar-refractivity contribution in [2.24, 2.45) is 0 Å². The van der Waals surface area contributed by atoms with Gasteiger partial charge in [0.15, 0.2) is 6.10 Å². The van der Waals surface area contributed by atoms with Crippen molar-refractivity contribution >= 4 is 13.8 Å². The molecule has 0 aromatic rings. The highest BCUT2D eigenvalue weighted by Crippen LogP contribution is 2.43. The van der Waals surface area contributed by atoms with Gasteiger partial charge in [0, 0.05) is 6.42 Å². The zero-order chi connectivity index (χ0) is 42.0. The standard InChI is InChI=1S/C48H88NO7P/c1-6-8-10-12-14-16-18-20-22-23-24-25-26-27-28-29-31-33-35-37-39-41-48(50)56-47(46-55-57(51,52)54-44-42-49(3,4)5)45-53-43-40-38-36-34-32-30-21-19-17-15-13-11-9-7-2/h22-23,25-26,28-29,33,35,40,43,47H,6-21,24,27,30-32,34,36-39,41-42,44-46H2,1-5H3/p+1/b23-22+,26-25+,29-28+,35-33+,43-40+/t47-/m1/s1. The topological polar surface area (TPSA) is 91.3 Å². The van der Waals surface area contributed by atoms with Gasteiger partial charge in [-0.05, 0) is 63.9 Å². The lowest BCUT2D eigenvalue weighted by atomic mass is 10.0. The molecule has 1 unspecified atom stereocenters. The normalized spacial score (nSPS) is 14.2. The number of allylic oxidation sites excluding steroid dienone is 9. The minimum absolute atomic E-state index is 0.0248. The first-order valence-corrected chi connectivity index (χ1v) is 24.6. The molecule has 0 radical (unpaired) electrons. The number of phosphoric acid groups is 1. The van der Waals surface area contributed by atoms with Crippen LogP contribution in [0, 0.1) is 0 Å². The van der Waals surface area contributed by atoms with Gasteiger partial charge in [-0.25, -0.2) is 4.57 Å². The minimum atomic E-state index is -4.31. The number of hydrogen-bond acceptors (Lipinski definition) is 6. The summed E-state index contributed by atoms with van der Waals surface area (Å²) in [5.41, 5.74) is 0. The number of unbranched alkanes of at least 4 members (excludes halogenated alkanes) is 20. The maximum atomic E-state index is 12.7. The third-order valence-electron chi connectivity index (χ3n) is 9.65. The molecular formula is C48H89NO7P+. The lowest BCUT2D eigenvalue weighted by molar-refractivity contribution is -0.870. The van der Waals surface area contributed by atoms with Crippen molar-refractivity contribution in [2.75, 3.05) is 47.5 Å². The number of carbonyl (C=O) groups is 1. The molecule has 0 saturated carbocycles. The third-order valence-corrected chi connectivity index (χ3v) is 10.6. The molecule has 0 fully saturated rings. The van der Waals surface area contributed by atoms with Crippen molar-refractivity contribution in [3.05, 3.63) is 60.9 Å². The predicted octanol–water partition coefficient (Wildman–Crippen LogP) is 14.1. The largest absolute Gasteiger partial charge is 0.498 e. The van der Waals surface area contributed by atoms with E-state index in [9.17, 15) is 14.3 Å². The molecule has 0 amide bonds. The Morgan fingerprint density at radius 3 is 1.46 bits per heavy atom. The number of likely N-dealkylation sites (N-methyl/N-ethyl adjacent to an activating group) is 1. The number of rotatable bonds is 42. The van der Waals surface area contributed by atoms with Gasteiger partial charge in [0.25, 0.3) is 0 Å². The first kappa shape index (κ1) is 55.0. The highest BCUT2D eigenvalue weighted by Gasteiger charge is 2.26. The van der Waals surface area contributed by atoms with Gasteiger partial charge in [-0.3, -0.25) is 13.8 Å². The summed E-state index contributed by atoms with van der Waals surface area (Å²) in [4.78, 5) is 22.9. The average molecular weight is 823 g/mol. The van der Waals surface area contributed by atoms with Gasteiger partial charge >= 0.3 is 13.8 Å². The van der Waals surface area contributed by atoms with Gasteiger partial charge < -0.3 is 18.9 Å². The lowest BCUT2D eigenvalue weighted by Crippen LogP contribution is -2.37. The summed E-state index contributed by atoms with van der Waals surface area (Å²) in [5.74, 6) is -0.390. The Kier molecular flexibility index (Phi) is 39.4. The maximum absolute atomic E-state index is 12.7. The number of ether oxygens (including phenoxy) is 2.